The number of urea groups is 1. The third-order valence-electron chi connectivity index (χ3n) is 7.09. The number of nitrogens with one attached hydrogen (secondary N) is 2. The first-order valence-electron chi connectivity index (χ1n) is 11.9. The highest BCUT2D eigenvalue weighted by molar-refractivity contribution is 6.14. The fraction of sp³-hybridized carbons (Fsp3) is 0.207. The van der Waals surface area contributed by atoms with Crippen molar-refractivity contribution in [3.63, 3.8) is 0 Å². The molecular weight excluding hydrogens is 436 g/mol. The number of aliphatic imine (C=N–C) groups is 1. The molecule has 1 saturated carbocycles. The van der Waals surface area contributed by atoms with Gasteiger partial charge in [-0.05, 0) is 35.8 Å². The third kappa shape index (κ3) is 4.01. The molecule has 0 spiro atoms. The van der Waals surface area contributed by atoms with Gasteiger partial charge in [0.15, 0.2) is 0 Å². The van der Waals surface area contributed by atoms with Gasteiger partial charge in [-0.2, -0.15) is 0 Å². The number of nitrogens with zero attached hydrogens (tertiary/aromatic N) is 2. The summed E-state index contributed by atoms with van der Waals surface area (Å²) in [4.78, 5) is 32.8. The van der Waals surface area contributed by atoms with Gasteiger partial charge in [0.2, 0.25) is 6.17 Å². The number of benzene rings is 3. The van der Waals surface area contributed by atoms with Gasteiger partial charge in [0.1, 0.15) is 0 Å². The normalized spacial score (nSPS) is 22.5. The van der Waals surface area contributed by atoms with Gasteiger partial charge < -0.3 is 15.5 Å². The number of para-hydroxylation sites is 1. The monoisotopic (exact) mass is 462 g/mol. The Kier molecular flexibility index (Phi) is 5.21. The van der Waals surface area contributed by atoms with Crippen LogP contribution in [-0.2, 0) is 4.79 Å². The predicted octanol–water partition coefficient (Wildman–Crippen LogP) is 5.28. The lowest BCUT2D eigenvalue weighted by Crippen LogP contribution is -2.47. The first-order chi connectivity index (χ1) is 17.1. The van der Waals surface area contributed by atoms with Crippen LogP contribution in [-0.4, -0.2) is 30.9 Å². The van der Waals surface area contributed by atoms with Gasteiger partial charge in [-0.15, -0.1) is 0 Å². The summed E-state index contributed by atoms with van der Waals surface area (Å²) >= 11 is 0. The molecule has 3 unspecified atom stereocenters. The van der Waals surface area contributed by atoms with Crippen molar-refractivity contribution in [3.8, 4) is 0 Å². The van der Waals surface area contributed by atoms with Crippen LogP contribution in [0.25, 0.3) is 10.8 Å². The second kappa shape index (κ2) is 8.55. The highest BCUT2D eigenvalue weighted by Gasteiger charge is 2.40. The SMILES string of the molecule is CN1C(=O)C(NC(=O)Nc2cccc3ccccc23)N=C(CC2=CC=CC3CC23)c2ccccc21. The van der Waals surface area contributed by atoms with E-state index in [9.17, 15) is 9.59 Å². The van der Waals surface area contributed by atoms with E-state index in [0.29, 0.717) is 23.9 Å². The Balaban J connectivity index is 1.30. The molecule has 35 heavy (non-hydrogen) atoms. The highest BCUT2D eigenvalue weighted by Crippen LogP contribution is 2.49. The maximum absolute atomic E-state index is 13.4. The summed E-state index contributed by atoms with van der Waals surface area (Å²) in [6.45, 7) is 0. The molecule has 3 aliphatic rings. The Bertz CT molecular complexity index is 1430. The number of fused-ring (bicyclic) bond motifs is 3. The number of amides is 3. The molecule has 1 heterocycles. The molecule has 0 radical (unpaired) electrons. The quantitative estimate of drug-likeness (QED) is 0.554. The zero-order valence-electron chi connectivity index (χ0n) is 19.4. The third-order valence-corrected chi connectivity index (χ3v) is 7.09. The average Bonchev–Trinajstić information content (AvgIpc) is 3.68. The largest absolute Gasteiger partial charge is 0.321 e. The number of allylic oxidation sites excluding steroid dienone is 4. The van der Waals surface area contributed by atoms with Gasteiger partial charge in [-0.25, -0.2) is 4.79 Å². The number of hydrogen-bond donors (Lipinski definition) is 2. The van der Waals surface area contributed by atoms with Crippen LogP contribution in [0.3, 0.4) is 0 Å². The summed E-state index contributed by atoms with van der Waals surface area (Å²) < 4.78 is 0. The van der Waals surface area contributed by atoms with Crippen LogP contribution in [0.1, 0.15) is 18.4 Å². The fourth-order valence-electron chi connectivity index (χ4n) is 5.13. The molecule has 6 heteroatoms. The summed E-state index contributed by atoms with van der Waals surface area (Å²) in [6.07, 6.45) is 7.36. The highest BCUT2D eigenvalue weighted by atomic mass is 16.2. The maximum Gasteiger partial charge on any atom is 0.321 e. The van der Waals surface area contributed by atoms with Gasteiger partial charge in [0, 0.05) is 24.4 Å². The van der Waals surface area contributed by atoms with Crippen LogP contribution in [0.2, 0.25) is 0 Å². The van der Waals surface area contributed by atoms with E-state index in [1.807, 2.05) is 66.7 Å². The first-order valence-corrected chi connectivity index (χ1v) is 11.9. The molecule has 3 aromatic carbocycles. The van der Waals surface area contributed by atoms with E-state index in [4.69, 9.17) is 4.99 Å². The summed E-state index contributed by atoms with van der Waals surface area (Å²) in [6, 6.07) is 20.9. The van der Waals surface area contributed by atoms with E-state index in [-0.39, 0.29) is 5.91 Å². The summed E-state index contributed by atoms with van der Waals surface area (Å²) in [5.41, 5.74) is 4.56. The van der Waals surface area contributed by atoms with E-state index >= 15 is 0 Å². The van der Waals surface area contributed by atoms with Crippen LogP contribution < -0.4 is 15.5 Å². The Hall–Kier alpha value is -4.19. The van der Waals surface area contributed by atoms with Crippen molar-refractivity contribution in [3.05, 3.63) is 96.1 Å². The van der Waals surface area contributed by atoms with E-state index in [2.05, 4.69) is 28.9 Å². The molecule has 1 aliphatic heterocycles. The Morgan fingerprint density at radius 3 is 2.77 bits per heavy atom. The molecule has 3 amide bonds. The average molecular weight is 463 g/mol. The molecule has 2 N–H and O–H groups in total. The van der Waals surface area contributed by atoms with E-state index in [0.717, 1.165) is 27.7 Å². The predicted molar refractivity (Wildman–Crippen MR) is 140 cm³/mol. The first kappa shape index (κ1) is 21.4. The van der Waals surface area contributed by atoms with Gasteiger partial charge in [-0.1, -0.05) is 78.4 Å². The van der Waals surface area contributed by atoms with Crippen molar-refractivity contribution in [1.29, 1.82) is 0 Å². The van der Waals surface area contributed by atoms with Gasteiger partial charge in [0.05, 0.1) is 17.1 Å². The lowest BCUT2D eigenvalue weighted by atomic mass is 9.95. The Morgan fingerprint density at radius 2 is 1.86 bits per heavy atom. The summed E-state index contributed by atoms with van der Waals surface area (Å²) in [5.74, 6) is 0.913. The topological polar surface area (TPSA) is 73.8 Å². The molecule has 2 aliphatic carbocycles. The Morgan fingerprint density at radius 1 is 1.06 bits per heavy atom. The number of carbonyl (C=O) groups is 2. The van der Waals surface area contributed by atoms with E-state index in [1.54, 1.807) is 11.9 Å². The summed E-state index contributed by atoms with van der Waals surface area (Å²) in [7, 11) is 1.73. The van der Waals surface area contributed by atoms with Gasteiger partial charge in [-0.3, -0.25) is 9.79 Å². The number of hydrogen-bond acceptors (Lipinski definition) is 3. The van der Waals surface area contributed by atoms with Crippen LogP contribution in [0, 0.1) is 11.8 Å². The van der Waals surface area contributed by atoms with Crippen molar-refractivity contribution < 1.29 is 9.59 Å². The number of rotatable bonds is 4. The number of anilines is 2. The van der Waals surface area contributed by atoms with Crippen molar-refractivity contribution in [1.82, 2.24) is 5.32 Å². The smallest absolute Gasteiger partial charge is 0.311 e. The minimum atomic E-state index is -1.02. The molecule has 0 aromatic heterocycles. The van der Waals surface area contributed by atoms with Crippen molar-refractivity contribution in [2.24, 2.45) is 16.8 Å². The van der Waals surface area contributed by atoms with Crippen LogP contribution >= 0.6 is 0 Å². The van der Waals surface area contributed by atoms with Crippen molar-refractivity contribution in [2.45, 2.75) is 19.0 Å². The van der Waals surface area contributed by atoms with E-state index < -0.39 is 12.2 Å². The number of benzodiazepines with no additional fused rings is 1. The zero-order valence-corrected chi connectivity index (χ0v) is 19.4. The molecule has 3 aromatic rings. The lowest BCUT2D eigenvalue weighted by molar-refractivity contribution is -0.119. The second-order valence-corrected chi connectivity index (χ2v) is 9.33. The van der Waals surface area contributed by atoms with E-state index in [1.165, 1.54) is 12.0 Å². The molecule has 3 atom stereocenters. The standard InChI is InChI=1S/C29H26N4O2/c1-33-26-15-5-4-13-22(26)25(17-20-11-6-10-19-16-23(19)20)30-27(28(33)34)32-29(35)31-24-14-7-9-18-8-2-3-12-21(18)24/h2-15,19,23,27H,16-17H2,1H3,(H2,31,32,35). The van der Waals surface area contributed by atoms with Gasteiger partial charge >= 0.3 is 6.03 Å². The fourth-order valence-corrected chi connectivity index (χ4v) is 5.13. The lowest BCUT2D eigenvalue weighted by Gasteiger charge is -2.21. The minimum Gasteiger partial charge on any atom is -0.311 e. The Labute approximate surface area is 204 Å². The molecule has 0 bridgehead atoms. The molecule has 0 saturated heterocycles. The molecular formula is C29H26N4O2. The zero-order chi connectivity index (χ0) is 23.9. The minimum absolute atomic E-state index is 0.276. The second-order valence-electron chi connectivity index (χ2n) is 9.33. The molecule has 174 valence electrons. The molecule has 6 rings (SSSR count). The molecule has 6 nitrogen and oxygen atoms in total. The number of carbonyl (C=O) groups excluding carboxylic acids is 2. The number of likely N-dealkylation sites (N-methyl/N-ethyl adjacent to an activating group) is 1. The maximum atomic E-state index is 13.4. The van der Waals surface area contributed by atoms with Crippen molar-refractivity contribution in [2.75, 3.05) is 17.3 Å². The summed E-state index contributed by atoms with van der Waals surface area (Å²) in [5, 5.41) is 7.68. The van der Waals surface area contributed by atoms with Crippen LogP contribution in [0.4, 0.5) is 16.2 Å². The molecule has 1 fully saturated rings. The van der Waals surface area contributed by atoms with Gasteiger partial charge in [0.25, 0.3) is 5.91 Å². The van der Waals surface area contributed by atoms with Crippen LogP contribution in [0.5, 0.6) is 0 Å². The van der Waals surface area contributed by atoms with Crippen molar-refractivity contribution >= 4 is 39.8 Å². The van der Waals surface area contributed by atoms with Crippen LogP contribution in [0.15, 0.2) is 95.5 Å².